The lowest BCUT2D eigenvalue weighted by Crippen LogP contribution is -2.60. The van der Waals surface area contributed by atoms with Crippen LogP contribution >= 0.6 is 0 Å². The second kappa shape index (κ2) is 22.9. The van der Waals surface area contributed by atoms with Crippen molar-refractivity contribution >= 4 is 58.2 Å². The Labute approximate surface area is 377 Å². The summed E-state index contributed by atoms with van der Waals surface area (Å²) in [6.07, 6.45) is 3.52. The topological polar surface area (TPSA) is 275 Å². The van der Waals surface area contributed by atoms with E-state index in [2.05, 4.69) is 41.9 Å². The van der Waals surface area contributed by atoms with Crippen LogP contribution in [0.1, 0.15) is 62.1 Å². The van der Waals surface area contributed by atoms with Gasteiger partial charge < -0.3 is 53.3 Å². The number of rotatable bonds is 13. The summed E-state index contributed by atoms with van der Waals surface area (Å²) < 4.78 is 0. The van der Waals surface area contributed by atoms with Gasteiger partial charge in [0.05, 0.1) is 0 Å². The molecule has 11 N–H and O–H groups in total. The maximum Gasteiger partial charge on any atom is 0.245 e. The standard InChI is InChI=1S/C47H59N11O7/c1-29(59)53-37(25-30-13-4-2-5-14-30)42(61)55-36-20-11-22-50-41(60)35(19-10-23-51-47(48)49)54-44(63)39(27-32-28-52-34-18-9-8-17-33(32)34)56-43(62)38(26-31-15-6-3-7-16-31)57-45(64)40-21-12-24-58(40)46(36)65/h2-9,13-18,28,35-40,52H,10-12,19-27H2,1H3,(H,50,60)(H,53,59)(H,54,63)(H,55,61)(H,56,62)(H,57,64)(H4,48,49,51)/t35-,36?,37-,38+,39-,40-/m0/s1. The minimum absolute atomic E-state index is 0.0437. The minimum atomic E-state index is -1.19. The normalized spacial score (nSPS) is 21.6. The second-order valence-corrected chi connectivity index (χ2v) is 16.5. The van der Waals surface area contributed by atoms with Gasteiger partial charge in [0, 0.05) is 62.9 Å². The zero-order valence-electron chi connectivity index (χ0n) is 36.5. The molecule has 1 aromatic heterocycles. The van der Waals surface area contributed by atoms with E-state index < -0.39 is 77.6 Å². The molecule has 0 bridgehead atoms. The zero-order chi connectivity index (χ0) is 46.3. The van der Waals surface area contributed by atoms with Gasteiger partial charge in [0.25, 0.3) is 0 Å². The van der Waals surface area contributed by atoms with Crippen LogP contribution in [0.2, 0.25) is 0 Å². The van der Waals surface area contributed by atoms with Crippen molar-refractivity contribution in [1.82, 2.24) is 41.8 Å². The number of carbonyl (C=O) groups excluding carboxylic acids is 7. The summed E-state index contributed by atoms with van der Waals surface area (Å²) >= 11 is 0. The molecule has 4 aromatic rings. The molecule has 18 nitrogen and oxygen atoms in total. The van der Waals surface area contributed by atoms with Gasteiger partial charge in [-0.05, 0) is 61.3 Å². The molecule has 7 amide bonds. The van der Waals surface area contributed by atoms with E-state index in [4.69, 9.17) is 11.5 Å². The Balaban J connectivity index is 1.32. The summed E-state index contributed by atoms with van der Waals surface area (Å²) in [4.78, 5) is 107. The van der Waals surface area contributed by atoms with E-state index in [-0.39, 0.29) is 64.1 Å². The van der Waals surface area contributed by atoms with Crippen molar-refractivity contribution in [3.8, 4) is 0 Å². The molecule has 0 aliphatic carbocycles. The molecule has 344 valence electrons. The average molecular weight is 890 g/mol. The number of hydrogen-bond acceptors (Lipinski definition) is 8. The first-order valence-electron chi connectivity index (χ1n) is 22.1. The first kappa shape index (κ1) is 47.2. The molecule has 2 fully saturated rings. The molecule has 18 heteroatoms. The molecule has 65 heavy (non-hydrogen) atoms. The number of benzene rings is 3. The van der Waals surface area contributed by atoms with Crippen molar-refractivity contribution in [2.75, 3.05) is 19.6 Å². The third kappa shape index (κ3) is 13.4. The van der Waals surface area contributed by atoms with Crippen LogP contribution in [0.5, 0.6) is 0 Å². The molecule has 6 atom stereocenters. The number of hydrogen-bond donors (Lipinski definition) is 9. The predicted molar refractivity (Wildman–Crippen MR) is 245 cm³/mol. The highest BCUT2D eigenvalue weighted by Gasteiger charge is 2.40. The quantitative estimate of drug-likeness (QED) is 0.0516. The zero-order valence-corrected chi connectivity index (χ0v) is 36.5. The average Bonchev–Trinajstić information content (AvgIpc) is 3.95. The van der Waals surface area contributed by atoms with Gasteiger partial charge in [-0.3, -0.25) is 38.6 Å². The highest BCUT2D eigenvalue weighted by molar-refractivity contribution is 5.98. The van der Waals surface area contributed by atoms with E-state index in [1.54, 1.807) is 6.20 Å². The van der Waals surface area contributed by atoms with E-state index in [9.17, 15) is 33.6 Å². The Morgan fingerprint density at radius 3 is 2.12 bits per heavy atom. The lowest BCUT2D eigenvalue weighted by atomic mass is 10.0. The van der Waals surface area contributed by atoms with E-state index >= 15 is 0 Å². The molecule has 3 aromatic carbocycles. The van der Waals surface area contributed by atoms with Crippen LogP contribution < -0.4 is 43.4 Å². The number of para-hydroxylation sites is 1. The van der Waals surface area contributed by atoms with E-state index in [0.29, 0.717) is 19.3 Å². The third-order valence-corrected chi connectivity index (χ3v) is 11.6. The maximum atomic E-state index is 14.6. The van der Waals surface area contributed by atoms with Crippen LogP contribution in [0, 0.1) is 0 Å². The number of H-pyrrole nitrogens is 1. The number of carbonyl (C=O) groups is 7. The number of nitrogens with one attached hydrogen (secondary N) is 7. The Bertz CT molecular complexity index is 2330. The fourth-order valence-electron chi connectivity index (χ4n) is 8.35. The molecule has 1 unspecified atom stereocenters. The van der Waals surface area contributed by atoms with Gasteiger partial charge in [0.2, 0.25) is 41.4 Å². The number of nitrogens with two attached hydrogens (primary N) is 2. The monoisotopic (exact) mass is 889 g/mol. The molecule has 2 aliphatic heterocycles. The number of aromatic nitrogens is 1. The SMILES string of the molecule is CC(=O)N[C@@H](Cc1ccccc1)C(=O)NC1CCCNC(=O)[C@H](CCCN=C(N)N)NC(=O)[C@H](Cc2c[nH]c3ccccc23)NC(=O)[C@@H](Cc2ccccc2)NC(=O)[C@@H]2CCCN2C1=O. The highest BCUT2D eigenvalue weighted by Crippen LogP contribution is 2.22. The van der Waals surface area contributed by atoms with Crippen molar-refractivity contribution in [3.05, 3.63) is 108 Å². The van der Waals surface area contributed by atoms with E-state index in [1.807, 2.05) is 84.9 Å². The Hall–Kier alpha value is -7.24. The Morgan fingerprint density at radius 1 is 0.769 bits per heavy atom. The van der Waals surface area contributed by atoms with E-state index in [1.165, 1.54) is 11.8 Å². The number of aromatic amines is 1. The minimum Gasteiger partial charge on any atom is -0.370 e. The molecule has 0 saturated carbocycles. The number of amides is 7. The molecule has 2 aliphatic rings. The summed E-state index contributed by atoms with van der Waals surface area (Å²) in [7, 11) is 0. The predicted octanol–water partition coefficient (Wildman–Crippen LogP) is 0.594. The van der Waals surface area contributed by atoms with Crippen LogP contribution in [0.4, 0.5) is 0 Å². The molecule has 3 heterocycles. The summed E-state index contributed by atoms with van der Waals surface area (Å²) in [5.74, 6) is -4.04. The van der Waals surface area contributed by atoms with Crippen LogP contribution in [-0.4, -0.2) is 113 Å². The number of nitrogens with zero attached hydrogens (tertiary/aromatic N) is 2. The lowest BCUT2D eigenvalue weighted by Gasteiger charge is -2.31. The van der Waals surface area contributed by atoms with Gasteiger partial charge in [-0.1, -0.05) is 78.9 Å². The Kier molecular flexibility index (Phi) is 16.7. The number of guanidine groups is 1. The fraction of sp³-hybridized carbons (Fsp3) is 0.404. The second-order valence-electron chi connectivity index (χ2n) is 16.5. The summed E-state index contributed by atoms with van der Waals surface area (Å²) in [5.41, 5.74) is 14.2. The maximum absolute atomic E-state index is 14.6. The van der Waals surface area contributed by atoms with Crippen LogP contribution in [0.25, 0.3) is 10.9 Å². The van der Waals surface area contributed by atoms with Gasteiger partial charge >= 0.3 is 0 Å². The van der Waals surface area contributed by atoms with Crippen molar-refractivity contribution in [2.45, 2.75) is 101 Å². The van der Waals surface area contributed by atoms with Gasteiger partial charge in [-0.25, -0.2) is 0 Å². The van der Waals surface area contributed by atoms with Crippen LogP contribution in [-0.2, 0) is 52.8 Å². The fourth-order valence-corrected chi connectivity index (χ4v) is 8.35. The smallest absolute Gasteiger partial charge is 0.245 e. The van der Waals surface area contributed by atoms with Crippen molar-refractivity contribution in [1.29, 1.82) is 0 Å². The third-order valence-electron chi connectivity index (χ3n) is 11.6. The number of fused-ring (bicyclic) bond motifs is 2. The van der Waals surface area contributed by atoms with Crippen molar-refractivity contribution in [2.24, 2.45) is 16.5 Å². The first-order chi connectivity index (χ1) is 31.4. The van der Waals surface area contributed by atoms with Gasteiger partial charge in [0.15, 0.2) is 5.96 Å². The van der Waals surface area contributed by atoms with E-state index in [0.717, 1.165) is 27.6 Å². The summed E-state index contributed by atoms with van der Waals surface area (Å²) in [6, 6.07) is 19.1. The molecule has 0 radical (unpaired) electrons. The molecule has 0 spiro atoms. The van der Waals surface area contributed by atoms with Crippen molar-refractivity contribution in [3.63, 3.8) is 0 Å². The van der Waals surface area contributed by atoms with Crippen LogP contribution in [0.3, 0.4) is 0 Å². The van der Waals surface area contributed by atoms with Crippen LogP contribution in [0.15, 0.2) is 96.1 Å². The number of aliphatic imine (C=N–C) groups is 1. The first-order valence-corrected chi connectivity index (χ1v) is 22.1. The Morgan fingerprint density at radius 2 is 1.42 bits per heavy atom. The van der Waals surface area contributed by atoms with Crippen molar-refractivity contribution < 1.29 is 33.6 Å². The summed E-state index contributed by atoms with van der Waals surface area (Å²) in [5, 5.41) is 17.9. The molecular weight excluding hydrogens is 831 g/mol. The molecule has 2 saturated heterocycles. The van der Waals surface area contributed by atoms with Gasteiger partial charge in [-0.15, -0.1) is 0 Å². The lowest BCUT2D eigenvalue weighted by molar-refractivity contribution is -0.142. The molecule has 6 rings (SSSR count). The molecular formula is C47H59N11O7. The summed E-state index contributed by atoms with van der Waals surface area (Å²) in [6.45, 7) is 1.75. The highest BCUT2D eigenvalue weighted by atomic mass is 16.2. The van der Waals surface area contributed by atoms with Gasteiger partial charge in [-0.2, -0.15) is 0 Å². The largest absolute Gasteiger partial charge is 0.370 e. The van der Waals surface area contributed by atoms with Gasteiger partial charge in [0.1, 0.15) is 36.3 Å².